The maximum Gasteiger partial charge on any atom is 0.196 e. The smallest absolute Gasteiger partial charge is 0.196 e. The highest BCUT2D eigenvalue weighted by Crippen LogP contribution is 2.34. The molecule has 4 rings (SSSR count). The largest absolute Gasteiger partial charge is 0.298 e. The van der Waals surface area contributed by atoms with Crippen LogP contribution < -0.4 is 0 Å². The van der Waals surface area contributed by atoms with Crippen LogP contribution in [0.5, 0.6) is 0 Å². The van der Waals surface area contributed by atoms with E-state index < -0.39 is 0 Å². The summed E-state index contributed by atoms with van der Waals surface area (Å²) in [5, 5.41) is 9.29. The minimum Gasteiger partial charge on any atom is -0.298 e. The standard InChI is InChI=1S/C20H18FN3OS/c21-15-10-12-16(13-11-15)24-19(14-6-2-1-3-7-14)22-23-20(24)26-18-9-5-4-8-17(18)25/h1-3,6-7,10-13,18H,4-5,8-9H2. The van der Waals surface area contributed by atoms with Crippen LogP contribution in [0.25, 0.3) is 17.1 Å². The topological polar surface area (TPSA) is 47.8 Å². The number of aromatic nitrogens is 3. The third-order valence-corrected chi connectivity index (χ3v) is 5.75. The molecule has 0 N–H and O–H groups in total. The average Bonchev–Trinajstić information content (AvgIpc) is 3.09. The zero-order chi connectivity index (χ0) is 17.9. The summed E-state index contributed by atoms with van der Waals surface area (Å²) < 4.78 is 15.3. The van der Waals surface area contributed by atoms with Crippen LogP contribution >= 0.6 is 11.8 Å². The molecule has 0 saturated heterocycles. The van der Waals surface area contributed by atoms with Crippen molar-refractivity contribution in [2.24, 2.45) is 0 Å². The molecule has 1 heterocycles. The summed E-state index contributed by atoms with van der Waals surface area (Å²) in [5.74, 6) is 0.666. The fourth-order valence-electron chi connectivity index (χ4n) is 3.15. The highest BCUT2D eigenvalue weighted by Gasteiger charge is 2.26. The van der Waals surface area contributed by atoms with Crippen LogP contribution in [0.1, 0.15) is 25.7 Å². The van der Waals surface area contributed by atoms with Gasteiger partial charge in [0, 0.05) is 17.7 Å². The molecule has 132 valence electrons. The van der Waals surface area contributed by atoms with Crippen LogP contribution in [0, 0.1) is 5.82 Å². The molecule has 0 radical (unpaired) electrons. The van der Waals surface area contributed by atoms with E-state index in [0.717, 1.165) is 30.5 Å². The van der Waals surface area contributed by atoms with Crippen LogP contribution in [0.4, 0.5) is 4.39 Å². The molecule has 3 aromatic rings. The number of hydrogen-bond acceptors (Lipinski definition) is 4. The second kappa shape index (κ2) is 7.41. The van der Waals surface area contributed by atoms with E-state index in [1.165, 1.54) is 23.9 Å². The number of benzene rings is 2. The van der Waals surface area contributed by atoms with Crippen molar-refractivity contribution in [1.29, 1.82) is 0 Å². The summed E-state index contributed by atoms with van der Waals surface area (Å²) in [4.78, 5) is 12.2. The number of hydrogen-bond donors (Lipinski definition) is 0. The Morgan fingerprint density at radius 1 is 1.00 bits per heavy atom. The van der Waals surface area contributed by atoms with Gasteiger partial charge in [-0.15, -0.1) is 10.2 Å². The summed E-state index contributed by atoms with van der Waals surface area (Å²) in [6, 6.07) is 16.0. The first kappa shape index (κ1) is 17.0. The van der Waals surface area contributed by atoms with E-state index >= 15 is 0 Å². The molecule has 1 atom stereocenters. The maximum absolute atomic E-state index is 13.4. The van der Waals surface area contributed by atoms with E-state index in [9.17, 15) is 9.18 Å². The van der Waals surface area contributed by atoms with Crippen LogP contribution in [0.3, 0.4) is 0 Å². The van der Waals surface area contributed by atoms with Crippen LogP contribution in [0.2, 0.25) is 0 Å². The SMILES string of the molecule is O=C1CCCCC1Sc1nnc(-c2ccccc2)n1-c1ccc(F)cc1. The lowest BCUT2D eigenvalue weighted by molar-refractivity contribution is -0.119. The highest BCUT2D eigenvalue weighted by molar-refractivity contribution is 8.00. The Hall–Kier alpha value is -2.47. The van der Waals surface area contributed by atoms with Crippen molar-refractivity contribution in [3.63, 3.8) is 0 Å². The number of thioether (sulfide) groups is 1. The first-order valence-corrected chi connectivity index (χ1v) is 9.56. The van der Waals surface area contributed by atoms with Gasteiger partial charge in [0.05, 0.1) is 5.25 Å². The molecule has 0 aliphatic heterocycles. The zero-order valence-corrected chi connectivity index (χ0v) is 15.0. The summed E-state index contributed by atoms with van der Waals surface area (Å²) >= 11 is 1.46. The quantitative estimate of drug-likeness (QED) is 0.672. The summed E-state index contributed by atoms with van der Waals surface area (Å²) in [7, 11) is 0. The first-order chi connectivity index (χ1) is 12.7. The van der Waals surface area contributed by atoms with E-state index in [1.54, 1.807) is 12.1 Å². The van der Waals surface area contributed by atoms with Gasteiger partial charge in [0.25, 0.3) is 0 Å². The van der Waals surface area contributed by atoms with Gasteiger partial charge in [0.1, 0.15) is 11.6 Å². The summed E-state index contributed by atoms with van der Waals surface area (Å²) in [6.07, 6.45) is 3.52. The Morgan fingerprint density at radius 3 is 2.50 bits per heavy atom. The third-order valence-electron chi connectivity index (χ3n) is 4.50. The normalized spacial score (nSPS) is 17.4. The lowest BCUT2D eigenvalue weighted by atomic mass is 9.99. The first-order valence-electron chi connectivity index (χ1n) is 8.68. The fraction of sp³-hybridized carbons (Fsp3) is 0.250. The van der Waals surface area contributed by atoms with Crippen molar-refractivity contribution in [3.05, 3.63) is 60.4 Å². The second-order valence-electron chi connectivity index (χ2n) is 6.30. The van der Waals surface area contributed by atoms with Crippen molar-refractivity contribution in [1.82, 2.24) is 14.8 Å². The number of ketones is 1. The molecule has 6 heteroatoms. The number of rotatable bonds is 4. The number of carbonyl (C=O) groups excluding carboxylic acids is 1. The van der Waals surface area contributed by atoms with E-state index in [0.29, 0.717) is 17.4 Å². The van der Waals surface area contributed by atoms with Gasteiger partial charge in [-0.3, -0.25) is 9.36 Å². The molecular weight excluding hydrogens is 349 g/mol. The van der Waals surface area contributed by atoms with Crippen molar-refractivity contribution < 1.29 is 9.18 Å². The van der Waals surface area contributed by atoms with Crippen LogP contribution in [-0.4, -0.2) is 25.8 Å². The predicted octanol–water partition coefficient (Wildman–Crippen LogP) is 4.68. The molecule has 1 fully saturated rings. The molecule has 1 aliphatic rings. The molecule has 4 nitrogen and oxygen atoms in total. The minimum absolute atomic E-state index is 0.0872. The fourth-order valence-corrected chi connectivity index (χ4v) is 4.32. The number of carbonyl (C=O) groups is 1. The Kier molecular flexibility index (Phi) is 4.84. The Bertz CT molecular complexity index is 909. The molecule has 0 spiro atoms. The molecule has 26 heavy (non-hydrogen) atoms. The number of halogens is 1. The highest BCUT2D eigenvalue weighted by atomic mass is 32.2. The molecular formula is C20H18FN3OS. The van der Waals surface area contributed by atoms with Crippen molar-refractivity contribution in [2.45, 2.75) is 36.1 Å². The maximum atomic E-state index is 13.4. The molecule has 1 aromatic heterocycles. The Labute approximate surface area is 155 Å². The third kappa shape index (κ3) is 3.42. The molecule has 1 aliphatic carbocycles. The van der Waals surface area contributed by atoms with Gasteiger partial charge >= 0.3 is 0 Å². The van der Waals surface area contributed by atoms with Gasteiger partial charge in [-0.25, -0.2) is 4.39 Å². The number of nitrogens with zero attached hydrogens (tertiary/aromatic N) is 3. The van der Waals surface area contributed by atoms with E-state index in [1.807, 2.05) is 34.9 Å². The van der Waals surface area contributed by atoms with Gasteiger partial charge < -0.3 is 0 Å². The van der Waals surface area contributed by atoms with Crippen molar-refractivity contribution in [3.8, 4) is 17.1 Å². The Morgan fingerprint density at radius 2 is 1.77 bits per heavy atom. The molecule has 1 saturated carbocycles. The lowest BCUT2D eigenvalue weighted by Gasteiger charge is -2.19. The van der Waals surface area contributed by atoms with E-state index in [-0.39, 0.29) is 16.9 Å². The molecule has 0 amide bonds. The summed E-state index contributed by atoms with van der Waals surface area (Å²) in [6.45, 7) is 0. The zero-order valence-electron chi connectivity index (χ0n) is 14.1. The monoisotopic (exact) mass is 367 g/mol. The van der Waals surface area contributed by atoms with Crippen LogP contribution in [-0.2, 0) is 4.79 Å². The van der Waals surface area contributed by atoms with Gasteiger partial charge in [-0.2, -0.15) is 0 Å². The molecule has 0 bridgehead atoms. The van der Waals surface area contributed by atoms with Crippen LogP contribution in [0.15, 0.2) is 59.8 Å². The number of Topliss-reactive ketones (excluding diaryl/α,β-unsaturated/α-hetero) is 1. The van der Waals surface area contributed by atoms with Gasteiger partial charge in [0.2, 0.25) is 0 Å². The van der Waals surface area contributed by atoms with Gasteiger partial charge in [-0.05, 0) is 37.1 Å². The molecule has 2 aromatic carbocycles. The molecule has 1 unspecified atom stereocenters. The van der Waals surface area contributed by atoms with Crippen molar-refractivity contribution >= 4 is 17.5 Å². The van der Waals surface area contributed by atoms with Gasteiger partial charge in [0.15, 0.2) is 11.0 Å². The lowest BCUT2D eigenvalue weighted by Crippen LogP contribution is -2.21. The minimum atomic E-state index is -0.292. The second-order valence-corrected chi connectivity index (χ2v) is 7.47. The average molecular weight is 367 g/mol. The predicted molar refractivity (Wildman–Crippen MR) is 99.9 cm³/mol. The Balaban J connectivity index is 1.77. The van der Waals surface area contributed by atoms with Crippen molar-refractivity contribution in [2.75, 3.05) is 0 Å². The van der Waals surface area contributed by atoms with Gasteiger partial charge in [-0.1, -0.05) is 48.5 Å². The summed E-state index contributed by atoms with van der Waals surface area (Å²) in [5.41, 5.74) is 1.70. The van der Waals surface area contributed by atoms with E-state index in [2.05, 4.69) is 10.2 Å². The van der Waals surface area contributed by atoms with E-state index in [4.69, 9.17) is 0 Å².